The minimum atomic E-state index is -0.0759. The van der Waals surface area contributed by atoms with E-state index in [1.54, 1.807) is 0 Å². The highest BCUT2D eigenvalue weighted by molar-refractivity contribution is 5.96. The van der Waals surface area contributed by atoms with Crippen molar-refractivity contribution >= 4 is 11.7 Å². The molecule has 2 aliphatic heterocycles. The van der Waals surface area contributed by atoms with Crippen LogP contribution in [0.5, 0.6) is 0 Å². The van der Waals surface area contributed by atoms with Gasteiger partial charge in [0, 0.05) is 49.4 Å². The van der Waals surface area contributed by atoms with Gasteiger partial charge in [-0.3, -0.25) is 9.78 Å². The molecule has 0 radical (unpaired) electrons. The maximum atomic E-state index is 12.2. The number of nitrogens with zero attached hydrogens (tertiary/aromatic N) is 4. The first kappa shape index (κ1) is 15.1. The van der Waals surface area contributed by atoms with Gasteiger partial charge in [-0.2, -0.15) is 0 Å². The Morgan fingerprint density at radius 2 is 1.96 bits per heavy atom. The Labute approximate surface area is 141 Å². The first-order valence-corrected chi connectivity index (χ1v) is 8.47. The van der Waals surface area contributed by atoms with Gasteiger partial charge in [0.1, 0.15) is 17.3 Å². The number of hydrogen-bond donors (Lipinski definition) is 1. The second-order valence-corrected chi connectivity index (χ2v) is 6.78. The highest BCUT2D eigenvalue weighted by atomic mass is 16.1. The van der Waals surface area contributed by atoms with Crippen LogP contribution in [-0.4, -0.2) is 40.5 Å². The summed E-state index contributed by atoms with van der Waals surface area (Å²) in [6.45, 7) is 6.62. The standard InChI is InChI=1S/C18H21N5O/c1-11(2)16-21-15-14(5-8-20-18(15)24)17(22-16)23-9-13(10-23)12-3-6-19-7-4-12/h3-4,6-7,11,13H,5,8-10H2,1-2H3,(H,20,24). The van der Waals surface area contributed by atoms with Crippen LogP contribution in [0.1, 0.15) is 53.1 Å². The second-order valence-electron chi connectivity index (χ2n) is 6.78. The first-order valence-electron chi connectivity index (χ1n) is 8.47. The van der Waals surface area contributed by atoms with Crippen molar-refractivity contribution in [2.24, 2.45) is 0 Å². The van der Waals surface area contributed by atoms with E-state index in [0.29, 0.717) is 18.2 Å². The van der Waals surface area contributed by atoms with Crippen LogP contribution in [0.3, 0.4) is 0 Å². The summed E-state index contributed by atoms with van der Waals surface area (Å²) in [6, 6.07) is 4.15. The maximum absolute atomic E-state index is 12.2. The normalized spacial score (nSPS) is 17.5. The van der Waals surface area contributed by atoms with Crippen LogP contribution in [0, 0.1) is 0 Å². The van der Waals surface area contributed by atoms with E-state index in [1.807, 2.05) is 12.4 Å². The molecule has 1 N–H and O–H groups in total. The molecule has 6 nitrogen and oxygen atoms in total. The lowest BCUT2D eigenvalue weighted by molar-refractivity contribution is 0.0940. The van der Waals surface area contributed by atoms with Crippen molar-refractivity contribution < 1.29 is 4.79 Å². The summed E-state index contributed by atoms with van der Waals surface area (Å²) >= 11 is 0. The summed E-state index contributed by atoms with van der Waals surface area (Å²) in [5.74, 6) is 2.31. The summed E-state index contributed by atoms with van der Waals surface area (Å²) in [6.07, 6.45) is 4.47. The van der Waals surface area contributed by atoms with Gasteiger partial charge < -0.3 is 10.2 Å². The van der Waals surface area contributed by atoms with E-state index >= 15 is 0 Å². The van der Waals surface area contributed by atoms with E-state index in [1.165, 1.54) is 5.56 Å². The smallest absolute Gasteiger partial charge is 0.270 e. The topological polar surface area (TPSA) is 71.0 Å². The molecule has 1 fully saturated rings. The fourth-order valence-corrected chi connectivity index (χ4v) is 3.31. The van der Waals surface area contributed by atoms with Gasteiger partial charge in [-0.05, 0) is 24.1 Å². The lowest BCUT2D eigenvalue weighted by Crippen LogP contribution is -2.47. The third-order valence-electron chi connectivity index (χ3n) is 4.75. The molecule has 6 heteroatoms. The van der Waals surface area contributed by atoms with E-state index in [-0.39, 0.29) is 11.8 Å². The fourth-order valence-electron chi connectivity index (χ4n) is 3.31. The number of hydrogen-bond acceptors (Lipinski definition) is 5. The van der Waals surface area contributed by atoms with Crippen LogP contribution >= 0.6 is 0 Å². The highest BCUT2D eigenvalue weighted by Gasteiger charge is 2.34. The minimum Gasteiger partial charge on any atom is -0.355 e. The summed E-state index contributed by atoms with van der Waals surface area (Å²) in [5.41, 5.74) is 2.87. The number of carbonyl (C=O) groups excluding carboxylic acids is 1. The van der Waals surface area contributed by atoms with Gasteiger partial charge >= 0.3 is 0 Å². The van der Waals surface area contributed by atoms with Gasteiger partial charge in [0.05, 0.1) is 0 Å². The molecular weight excluding hydrogens is 302 g/mol. The monoisotopic (exact) mass is 323 g/mol. The molecule has 2 aromatic heterocycles. The van der Waals surface area contributed by atoms with Crippen LogP contribution in [0.15, 0.2) is 24.5 Å². The molecular formula is C18H21N5O. The molecule has 4 heterocycles. The van der Waals surface area contributed by atoms with E-state index in [4.69, 9.17) is 4.98 Å². The van der Waals surface area contributed by atoms with E-state index in [0.717, 1.165) is 36.7 Å². The largest absolute Gasteiger partial charge is 0.355 e. The molecule has 2 aromatic rings. The number of fused-ring (bicyclic) bond motifs is 1. The lowest BCUT2D eigenvalue weighted by atomic mass is 9.91. The lowest BCUT2D eigenvalue weighted by Gasteiger charge is -2.42. The number of amides is 1. The second kappa shape index (κ2) is 5.85. The molecule has 4 rings (SSSR count). The number of anilines is 1. The maximum Gasteiger partial charge on any atom is 0.270 e. The molecule has 0 aromatic carbocycles. The van der Waals surface area contributed by atoms with E-state index in [9.17, 15) is 4.79 Å². The van der Waals surface area contributed by atoms with Crippen LogP contribution in [-0.2, 0) is 6.42 Å². The van der Waals surface area contributed by atoms with Crippen molar-refractivity contribution in [3.63, 3.8) is 0 Å². The Balaban J connectivity index is 1.65. The number of rotatable bonds is 3. The Kier molecular flexibility index (Phi) is 3.67. The van der Waals surface area contributed by atoms with Crippen LogP contribution in [0.2, 0.25) is 0 Å². The van der Waals surface area contributed by atoms with Gasteiger partial charge in [-0.1, -0.05) is 13.8 Å². The number of carbonyl (C=O) groups is 1. The van der Waals surface area contributed by atoms with Crippen molar-refractivity contribution in [1.82, 2.24) is 20.3 Å². The molecule has 0 bridgehead atoms. The van der Waals surface area contributed by atoms with Gasteiger partial charge in [-0.25, -0.2) is 9.97 Å². The van der Waals surface area contributed by atoms with Crippen molar-refractivity contribution in [3.05, 3.63) is 47.2 Å². The Bertz CT molecular complexity index is 768. The average molecular weight is 323 g/mol. The van der Waals surface area contributed by atoms with Crippen LogP contribution in [0.25, 0.3) is 0 Å². The van der Waals surface area contributed by atoms with Crippen molar-refractivity contribution in [1.29, 1.82) is 0 Å². The molecule has 0 atom stereocenters. The predicted molar refractivity (Wildman–Crippen MR) is 91.3 cm³/mol. The van der Waals surface area contributed by atoms with Crippen molar-refractivity contribution in [3.8, 4) is 0 Å². The number of pyridine rings is 1. The van der Waals surface area contributed by atoms with E-state index < -0.39 is 0 Å². The first-order chi connectivity index (χ1) is 11.6. The highest BCUT2D eigenvalue weighted by Crippen LogP contribution is 2.34. The zero-order chi connectivity index (χ0) is 16.7. The van der Waals surface area contributed by atoms with Crippen LogP contribution in [0.4, 0.5) is 5.82 Å². The summed E-state index contributed by atoms with van der Waals surface area (Å²) in [7, 11) is 0. The molecule has 24 heavy (non-hydrogen) atoms. The molecule has 1 amide bonds. The number of nitrogens with one attached hydrogen (secondary N) is 1. The molecule has 1 saturated heterocycles. The Hall–Kier alpha value is -2.50. The van der Waals surface area contributed by atoms with Gasteiger partial charge in [0.2, 0.25) is 0 Å². The van der Waals surface area contributed by atoms with E-state index in [2.05, 4.69) is 46.2 Å². The summed E-state index contributed by atoms with van der Waals surface area (Å²) in [5, 5.41) is 2.89. The minimum absolute atomic E-state index is 0.0759. The molecule has 2 aliphatic rings. The molecule has 0 saturated carbocycles. The third-order valence-corrected chi connectivity index (χ3v) is 4.75. The van der Waals surface area contributed by atoms with Gasteiger partial charge in [0.15, 0.2) is 0 Å². The SMILES string of the molecule is CC(C)c1nc2c(c(N3CC(c4ccncc4)C3)n1)CCNC2=O. The fraction of sp³-hybridized carbons (Fsp3) is 0.444. The quantitative estimate of drug-likeness (QED) is 0.934. The Morgan fingerprint density at radius 3 is 2.67 bits per heavy atom. The Morgan fingerprint density at radius 1 is 1.21 bits per heavy atom. The van der Waals surface area contributed by atoms with Gasteiger partial charge in [0.25, 0.3) is 5.91 Å². The zero-order valence-corrected chi connectivity index (χ0v) is 14.0. The average Bonchev–Trinajstić information content (AvgIpc) is 2.55. The molecule has 0 unspecified atom stereocenters. The summed E-state index contributed by atoms with van der Waals surface area (Å²) in [4.78, 5) is 27.9. The molecule has 0 spiro atoms. The summed E-state index contributed by atoms with van der Waals surface area (Å²) < 4.78 is 0. The van der Waals surface area contributed by atoms with Crippen molar-refractivity contribution in [2.45, 2.75) is 32.1 Å². The predicted octanol–water partition coefficient (Wildman–Crippen LogP) is 1.88. The zero-order valence-electron chi connectivity index (χ0n) is 14.0. The van der Waals surface area contributed by atoms with Crippen LogP contribution < -0.4 is 10.2 Å². The third kappa shape index (κ3) is 2.52. The molecule has 124 valence electrons. The molecule has 0 aliphatic carbocycles. The van der Waals surface area contributed by atoms with Gasteiger partial charge in [-0.15, -0.1) is 0 Å². The van der Waals surface area contributed by atoms with Crippen molar-refractivity contribution in [2.75, 3.05) is 24.5 Å². The number of aromatic nitrogens is 3.